The zero-order valence-corrected chi connectivity index (χ0v) is 20.3. The van der Waals surface area contributed by atoms with Gasteiger partial charge in [-0.15, -0.1) is 0 Å². The fourth-order valence-corrected chi connectivity index (χ4v) is 6.90. The van der Waals surface area contributed by atoms with Crippen LogP contribution in [0.5, 0.6) is 5.75 Å². The molecule has 0 radical (unpaired) electrons. The van der Waals surface area contributed by atoms with E-state index in [1.54, 1.807) is 7.11 Å². The Bertz CT molecular complexity index is 831. The number of methoxy groups -OCH3 is 1. The Morgan fingerprint density at radius 3 is 2.50 bits per heavy atom. The normalized spacial score (nSPS) is 34.3. The van der Waals surface area contributed by atoms with Crippen LogP contribution in [-0.4, -0.2) is 60.8 Å². The smallest absolute Gasteiger partial charge is 0.222 e. The molecule has 4 rings (SSSR count). The van der Waals surface area contributed by atoms with Crippen molar-refractivity contribution in [3.05, 3.63) is 24.3 Å². The SMILES string of the molecule is COc1ccccc1N1CCN(C(=O)CC[C@]23CC[C@](C)(O)C[C@H]2C(C)(C)C[C@@H]3N)CC1. The number of fused-ring (bicyclic) bond motifs is 1. The molecular formula is C26H41N3O3. The second kappa shape index (κ2) is 8.53. The lowest BCUT2D eigenvalue weighted by atomic mass is 9.57. The van der Waals surface area contributed by atoms with E-state index < -0.39 is 5.60 Å². The molecule has 1 aromatic rings. The van der Waals surface area contributed by atoms with Crippen LogP contribution in [0.25, 0.3) is 0 Å². The predicted molar refractivity (Wildman–Crippen MR) is 128 cm³/mol. The molecule has 0 spiro atoms. The van der Waals surface area contributed by atoms with E-state index in [1.807, 2.05) is 30.0 Å². The van der Waals surface area contributed by atoms with Crippen LogP contribution in [0.4, 0.5) is 5.69 Å². The van der Waals surface area contributed by atoms with Crippen LogP contribution >= 0.6 is 0 Å². The van der Waals surface area contributed by atoms with Gasteiger partial charge in [-0.2, -0.15) is 0 Å². The van der Waals surface area contributed by atoms with Crippen LogP contribution in [-0.2, 0) is 4.79 Å². The number of carbonyl (C=O) groups is 1. The Morgan fingerprint density at radius 1 is 1.12 bits per heavy atom. The van der Waals surface area contributed by atoms with Gasteiger partial charge in [0.15, 0.2) is 0 Å². The summed E-state index contributed by atoms with van der Waals surface area (Å²) in [6.45, 7) is 9.64. The molecule has 3 N–H and O–H groups in total. The maximum Gasteiger partial charge on any atom is 0.222 e. The lowest BCUT2D eigenvalue weighted by molar-refractivity contribution is -0.133. The number of carbonyl (C=O) groups excluding carboxylic acids is 1. The molecule has 0 aromatic heterocycles. The molecule has 178 valence electrons. The maximum atomic E-state index is 13.2. The number of benzene rings is 1. The third kappa shape index (κ3) is 4.24. The number of nitrogens with zero attached hydrogens (tertiary/aromatic N) is 2. The summed E-state index contributed by atoms with van der Waals surface area (Å²) in [5.74, 6) is 1.49. The van der Waals surface area contributed by atoms with Crippen molar-refractivity contribution in [3.8, 4) is 5.75 Å². The molecular weight excluding hydrogens is 402 g/mol. The Balaban J connectivity index is 1.38. The first-order chi connectivity index (χ1) is 15.1. The number of hydrogen-bond donors (Lipinski definition) is 2. The molecule has 0 bridgehead atoms. The van der Waals surface area contributed by atoms with Crippen LogP contribution in [0.2, 0.25) is 0 Å². The summed E-state index contributed by atoms with van der Waals surface area (Å²) in [4.78, 5) is 17.5. The van der Waals surface area contributed by atoms with Crippen molar-refractivity contribution < 1.29 is 14.6 Å². The third-order valence-electron chi connectivity index (χ3n) is 8.76. The van der Waals surface area contributed by atoms with Crippen LogP contribution in [0.3, 0.4) is 0 Å². The summed E-state index contributed by atoms with van der Waals surface area (Å²) in [6, 6.07) is 8.18. The van der Waals surface area contributed by atoms with Gasteiger partial charge >= 0.3 is 0 Å². The average Bonchev–Trinajstić information content (AvgIpc) is 2.96. The minimum atomic E-state index is -0.617. The number of piperazine rings is 1. The maximum absolute atomic E-state index is 13.2. The molecule has 3 fully saturated rings. The summed E-state index contributed by atoms with van der Waals surface area (Å²) in [5.41, 5.74) is 7.29. The van der Waals surface area contributed by atoms with E-state index in [2.05, 4.69) is 24.8 Å². The monoisotopic (exact) mass is 443 g/mol. The van der Waals surface area contributed by atoms with Gasteiger partial charge in [-0.05, 0) is 67.9 Å². The van der Waals surface area contributed by atoms with Gasteiger partial charge in [0.2, 0.25) is 5.91 Å². The first kappa shape index (κ1) is 23.4. The highest BCUT2D eigenvalue weighted by Crippen LogP contribution is 2.63. The highest BCUT2D eigenvalue weighted by molar-refractivity contribution is 5.76. The van der Waals surface area contributed by atoms with Crippen LogP contribution in [0, 0.1) is 16.7 Å². The molecule has 2 aliphatic carbocycles. The van der Waals surface area contributed by atoms with Gasteiger partial charge in [-0.3, -0.25) is 4.79 Å². The van der Waals surface area contributed by atoms with Crippen molar-refractivity contribution in [1.82, 2.24) is 4.90 Å². The number of para-hydroxylation sites is 2. The molecule has 32 heavy (non-hydrogen) atoms. The molecule has 1 heterocycles. The standard InChI is InChI=1S/C26H41N3O3/c1-24(2)18-22(27)26(12-11-25(3,31)17-21(24)26)10-9-23(30)29-15-13-28(14-16-29)19-7-5-6-8-20(19)32-4/h5-8,21-22,31H,9-18,27H2,1-4H3/t21-,22-,25-,26-/m0/s1. The molecule has 6 heteroatoms. The number of amides is 1. The molecule has 4 atom stereocenters. The fraction of sp³-hybridized carbons (Fsp3) is 0.731. The minimum Gasteiger partial charge on any atom is -0.495 e. The summed E-state index contributed by atoms with van der Waals surface area (Å²) in [6.07, 6.45) is 4.85. The van der Waals surface area contributed by atoms with Gasteiger partial charge in [-0.1, -0.05) is 26.0 Å². The van der Waals surface area contributed by atoms with E-state index in [0.717, 1.165) is 69.7 Å². The molecule has 1 aliphatic heterocycles. The number of aliphatic hydroxyl groups is 1. The average molecular weight is 444 g/mol. The third-order valence-corrected chi connectivity index (χ3v) is 8.76. The Hall–Kier alpha value is -1.79. The van der Waals surface area contributed by atoms with Crippen molar-refractivity contribution in [1.29, 1.82) is 0 Å². The topological polar surface area (TPSA) is 79.0 Å². The molecule has 1 aromatic carbocycles. The van der Waals surface area contributed by atoms with E-state index >= 15 is 0 Å². The van der Waals surface area contributed by atoms with E-state index in [1.165, 1.54) is 0 Å². The number of nitrogens with two attached hydrogens (primary N) is 1. The van der Waals surface area contributed by atoms with Gasteiger partial charge in [0.05, 0.1) is 18.4 Å². The quantitative estimate of drug-likeness (QED) is 0.729. The minimum absolute atomic E-state index is 0.0272. The summed E-state index contributed by atoms with van der Waals surface area (Å²) in [5, 5.41) is 10.8. The van der Waals surface area contributed by atoms with Crippen molar-refractivity contribution in [2.45, 2.75) is 70.9 Å². The summed E-state index contributed by atoms with van der Waals surface area (Å²) >= 11 is 0. The molecule has 2 saturated carbocycles. The van der Waals surface area contributed by atoms with Crippen LogP contribution < -0.4 is 15.4 Å². The van der Waals surface area contributed by atoms with Gasteiger partial charge in [-0.25, -0.2) is 0 Å². The van der Waals surface area contributed by atoms with Crippen LogP contribution in [0.1, 0.15) is 59.3 Å². The van der Waals surface area contributed by atoms with E-state index in [-0.39, 0.29) is 22.8 Å². The van der Waals surface area contributed by atoms with Gasteiger partial charge in [0.1, 0.15) is 5.75 Å². The molecule has 6 nitrogen and oxygen atoms in total. The first-order valence-electron chi connectivity index (χ1n) is 12.2. The summed E-state index contributed by atoms with van der Waals surface area (Å²) < 4.78 is 5.51. The number of rotatable bonds is 5. The second-order valence-corrected chi connectivity index (χ2v) is 11.3. The molecule has 1 amide bonds. The Labute approximate surface area is 193 Å². The van der Waals surface area contributed by atoms with Crippen LogP contribution in [0.15, 0.2) is 24.3 Å². The molecule has 3 aliphatic rings. The zero-order valence-electron chi connectivity index (χ0n) is 20.3. The van der Waals surface area contributed by atoms with Crippen molar-refractivity contribution >= 4 is 11.6 Å². The van der Waals surface area contributed by atoms with E-state index in [4.69, 9.17) is 10.5 Å². The Kier molecular flexibility index (Phi) is 6.23. The fourth-order valence-electron chi connectivity index (χ4n) is 6.90. The first-order valence-corrected chi connectivity index (χ1v) is 12.2. The number of anilines is 1. The largest absolute Gasteiger partial charge is 0.495 e. The lowest BCUT2D eigenvalue weighted by Crippen LogP contribution is -2.51. The van der Waals surface area contributed by atoms with Gasteiger partial charge in [0, 0.05) is 38.6 Å². The van der Waals surface area contributed by atoms with Crippen molar-refractivity contribution in [2.75, 3.05) is 38.2 Å². The second-order valence-electron chi connectivity index (χ2n) is 11.3. The van der Waals surface area contributed by atoms with Gasteiger partial charge in [0.25, 0.3) is 0 Å². The van der Waals surface area contributed by atoms with E-state index in [9.17, 15) is 9.90 Å². The summed E-state index contributed by atoms with van der Waals surface area (Å²) in [7, 11) is 1.70. The highest BCUT2D eigenvalue weighted by atomic mass is 16.5. The predicted octanol–water partition coefficient (Wildman–Crippen LogP) is 3.42. The van der Waals surface area contributed by atoms with Gasteiger partial charge < -0.3 is 25.4 Å². The molecule has 0 unspecified atom stereocenters. The zero-order chi connectivity index (χ0) is 23.1. The number of ether oxygens (including phenoxy) is 1. The Morgan fingerprint density at radius 2 is 1.81 bits per heavy atom. The lowest BCUT2D eigenvalue weighted by Gasteiger charge is -2.50. The molecule has 1 saturated heterocycles. The van der Waals surface area contributed by atoms with Crippen molar-refractivity contribution in [3.63, 3.8) is 0 Å². The highest BCUT2D eigenvalue weighted by Gasteiger charge is 2.60. The van der Waals surface area contributed by atoms with E-state index in [0.29, 0.717) is 12.3 Å². The number of hydrogen-bond acceptors (Lipinski definition) is 5. The van der Waals surface area contributed by atoms with Crippen molar-refractivity contribution in [2.24, 2.45) is 22.5 Å².